The second kappa shape index (κ2) is 5.30. The third-order valence-corrected chi connectivity index (χ3v) is 9.28. The predicted octanol–water partition coefficient (Wildman–Crippen LogP) is 3.71. The first-order valence-corrected chi connectivity index (χ1v) is 10.2. The fourth-order valence-electron chi connectivity index (χ4n) is 7.95. The Kier molecular flexibility index (Phi) is 3.76. The summed E-state index contributed by atoms with van der Waals surface area (Å²) in [7, 11) is 0. The quantitative estimate of drug-likeness (QED) is 0.768. The summed E-state index contributed by atoms with van der Waals surface area (Å²) in [5, 5.41) is 22.1. The molecule has 0 amide bonds. The molecule has 4 saturated carbocycles. The van der Waals surface area contributed by atoms with Gasteiger partial charge in [-0.3, -0.25) is 4.79 Å². The first-order valence-electron chi connectivity index (χ1n) is 10.2. The molecule has 4 rings (SSSR count). The number of carbonyl (C=O) groups is 1. The van der Waals surface area contributed by atoms with Gasteiger partial charge in [-0.25, -0.2) is 0 Å². The van der Waals surface area contributed by atoms with Crippen molar-refractivity contribution in [2.24, 2.45) is 34.5 Å². The van der Waals surface area contributed by atoms with Crippen LogP contribution in [0.1, 0.15) is 78.6 Å². The van der Waals surface area contributed by atoms with Gasteiger partial charge < -0.3 is 10.2 Å². The van der Waals surface area contributed by atoms with Gasteiger partial charge >= 0.3 is 0 Å². The van der Waals surface area contributed by atoms with Gasteiger partial charge in [0, 0.05) is 11.8 Å². The molecule has 0 bridgehead atoms. The Morgan fingerprint density at radius 2 is 1.79 bits per heavy atom. The summed E-state index contributed by atoms with van der Waals surface area (Å²) in [6.45, 7) is 6.10. The van der Waals surface area contributed by atoms with E-state index in [0.29, 0.717) is 17.3 Å². The minimum atomic E-state index is -1.33. The van der Waals surface area contributed by atoms with Crippen LogP contribution in [0.25, 0.3) is 0 Å². The normalized spacial score (nSPS) is 57.0. The van der Waals surface area contributed by atoms with Gasteiger partial charge in [0.2, 0.25) is 0 Å². The Morgan fingerprint density at radius 3 is 2.50 bits per heavy atom. The van der Waals surface area contributed by atoms with E-state index in [0.717, 1.165) is 18.8 Å². The number of hydrogen-bond acceptors (Lipinski definition) is 3. The number of carbonyl (C=O) groups excluding carboxylic acids is 1. The summed E-state index contributed by atoms with van der Waals surface area (Å²) in [6, 6.07) is 0. The molecule has 3 nitrogen and oxygen atoms in total. The summed E-state index contributed by atoms with van der Waals surface area (Å²) in [5.41, 5.74) is -1.36. The number of hydrogen-bond donors (Lipinski definition) is 2. The van der Waals surface area contributed by atoms with Crippen LogP contribution in [-0.2, 0) is 4.79 Å². The molecule has 0 aromatic carbocycles. The van der Waals surface area contributed by atoms with Gasteiger partial charge in [0.15, 0.2) is 5.78 Å². The van der Waals surface area contributed by atoms with Crippen molar-refractivity contribution in [1.82, 2.24) is 0 Å². The zero-order valence-electron chi connectivity index (χ0n) is 15.6. The van der Waals surface area contributed by atoms with E-state index in [2.05, 4.69) is 13.8 Å². The Labute approximate surface area is 146 Å². The Hall–Kier alpha value is -0.410. The van der Waals surface area contributed by atoms with Gasteiger partial charge in [-0.15, -0.1) is 0 Å². The molecule has 0 aliphatic heterocycles. The molecule has 0 aromatic rings. The Bertz CT molecular complexity index is 545. The average molecular weight is 335 g/mol. The van der Waals surface area contributed by atoms with Crippen molar-refractivity contribution in [2.75, 3.05) is 0 Å². The highest BCUT2D eigenvalue weighted by Crippen LogP contribution is 2.68. The summed E-state index contributed by atoms with van der Waals surface area (Å²) >= 11 is 0. The molecule has 0 radical (unpaired) electrons. The van der Waals surface area contributed by atoms with Crippen molar-refractivity contribution in [3.05, 3.63) is 0 Å². The molecule has 0 saturated heterocycles. The maximum atomic E-state index is 12.3. The standard InChI is InChI=1S/C21H34O3/c1-13(22)21(24)12-17(23)18-15-8-7-14-6-4-5-10-19(14,2)16(15)9-11-20(18,21)3/h14-18,23-24H,4-12H2,1-3H3/t14?,15-,16+,17?,18-,19+,20+,21+/m1/s1. The summed E-state index contributed by atoms with van der Waals surface area (Å²) in [6.07, 6.45) is 9.60. The van der Waals surface area contributed by atoms with Crippen LogP contribution in [0.4, 0.5) is 0 Å². The third-order valence-electron chi connectivity index (χ3n) is 9.28. The van der Waals surface area contributed by atoms with Crippen LogP contribution in [0.15, 0.2) is 0 Å². The van der Waals surface area contributed by atoms with Gasteiger partial charge in [0.25, 0.3) is 0 Å². The maximum Gasteiger partial charge on any atom is 0.161 e. The van der Waals surface area contributed by atoms with E-state index in [1.54, 1.807) is 0 Å². The highest BCUT2D eigenvalue weighted by molar-refractivity contribution is 5.86. The highest BCUT2D eigenvalue weighted by Gasteiger charge is 2.68. The molecule has 2 N–H and O–H groups in total. The molecule has 4 aliphatic carbocycles. The fourth-order valence-corrected chi connectivity index (χ4v) is 7.95. The van der Waals surface area contributed by atoms with E-state index >= 15 is 0 Å². The van der Waals surface area contributed by atoms with E-state index in [1.807, 2.05) is 0 Å². The molecular weight excluding hydrogens is 300 g/mol. The smallest absolute Gasteiger partial charge is 0.161 e. The number of Topliss-reactive ketones (excluding diaryl/α,β-unsaturated/α-hetero) is 1. The van der Waals surface area contributed by atoms with Crippen molar-refractivity contribution in [3.63, 3.8) is 0 Å². The number of aliphatic hydroxyl groups is 2. The van der Waals surface area contributed by atoms with E-state index in [1.165, 1.54) is 45.4 Å². The van der Waals surface area contributed by atoms with E-state index < -0.39 is 17.1 Å². The molecule has 8 atom stereocenters. The Morgan fingerprint density at radius 1 is 1.04 bits per heavy atom. The van der Waals surface area contributed by atoms with Crippen LogP contribution >= 0.6 is 0 Å². The SMILES string of the molecule is CC(=O)[C@@]1(O)CC(O)[C@H]2[C@@H]3CCC4CCCC[C@]4(C)[C@H]3CC[C@@]21C. The van der Waals surface area contributed by atoms with Crippen molar-refractivity contribution in [2.45, 2.75) is 90.3 Å². The van der Waals surface area contributed by atoms with E-state index in [-0.39, 0.29) is 18.1 Å². The zero-order chi connectivity index (χ0) is 17.3. The van der Waals surface area contributed by atoms with Crippen LogP contribution in [-0.4, -0.2) is 27.7 Å². The van der Waals surface area contributed by atoms with Gasteiger partial charge in [-0.1, -0.05) is 26.7 Å². The van der Waals surface area contributed by atoms with Crippen LogP contribution < -0.4 is 0 Å². The Balaban J connectivity index is 1.71. The molecule has 24 heavy (non-hydrogen) atoms. The van der Waals surface area contributed by atoms with Crippen molar-refractivity contribution >= 4 is 5.78 Å². The van der Waals surface area contributed by atoms with Gasteiger partial charge in [0.1, 0.15) is 5.60 Å². The minimum Gasteiger partial charge on any atom is -0.393 e. The van der Waals surface area contributed by atoms with E-state index in [9.17, 15) is 15.0 Å². The molecule has 0 heterocycles. The van der Waals surface area contributed by atoms with Crippen LogP contribution in [0.5, 0.6) is 0 Å². The van der Waals surface area contributed by atoms with Gasteiger partial charge in [-0.05, 0) is 74.5 Å². The molecule has 4 aliphatic rings. The minimum absolute atomic E-state index is 0.0878. The van der Waals surface area contributed by atoms with Gasteiger partial charge in [0.05, 0.1) is 6.10 Å². The fraction of sp³-hybridized carbons (Fsp3) is 0.952. The molecular formula is C21H34O3. The summed E-state index contributed by atoms with van der Waals surface area (Å²) in [5.74, 6) is 1.93. The largest absolute Gasteiger partial charge is 0.393 e. The lowest BCUT2D eigenvalue weighted by atomic mass is 9.44. The summed E-state index contributed by atoms with van der Waals surface area (Å²) in [4.78, 5) is 12.3. The average Bonchev–Trinajstić information content (AvgIpc) is 2.74. The van der Waals surface area contributed by atoms with Crippen LogP contribution in [0.3, 0.4) is 0 Å². The summed E-state index contributed by atoms with van der Waals surface area (Å²) < 4.78 is 0. The first-order chi connectivity index (χ1) is 11.2. The van der Waals surface area contributed by atoms with Crippen LogP contribution in [0.2, 0.25) is 0 Å². The number of rotatable bonds is 1. The molecule has 0 aromatic heterocycles. The second-order valence-electron chi connectivity index (χ2n) is 9.97. The lowest BCUT2D eigenvalue weighted by molar-refractivity contribution is -0.170. The van der Waals surface area contributed by atoms with Crippen LogP contribution in [0, 0.1) is 34.5 Å². The molecule has 0 spiro atoms. The third kappa shape index (κ3) is 1.95. The maximum absolute atomic E-state index is 12.3. The highest BCUT2D eigenvalue weighted by atomic mass is 16.3. The first kappa shape index (κ1) is 17.0. The van der Waals surface area contributed by atoms with Crippen molar-refractivity contribution in [1.29, 1.82) is 0 Å². The number of ketones is 1. The molecule has 136 valence electrons. The number of fused-ring (bicyclic) bond motifs is 5. The van der Waals surface area contributed by atoms with E-state index in [4.69, 9.17) is 0 Å². The van der Waals surface area contributed by atoms with Gasteiger partial charge in [-0.2, -0.15) is 0 Å². The second-order valence-corrected chi connectivity index (χ2v) is 9.97. The zero-order valence-corrected chi connectivity index (χ0v) is 15.6. The predicted molar refractivity (Wildman–Crippen MR) is 93.4 cm³/mol. The molecule has 3 heteroatoms. The van der Waals surface area contributed by atoms with Crippen molar-refractivity contribution in [3.8, 4) is 0 Å². The molecule has 2 unspecified atom stereocenters. The topological polar surface area (TPSA) is 57.5 Å². The molecule has 4 fully saturated rings. The lowest BCUT2D eigenvalue weighted by Crippen LogP contribution is -2.58. The lowest BCUT2D eigenvalue weighted by Gasteiger charge is -2.61. The van der Waals surface area contributed by atoms with Crippen molar-refractivity contribution < 1.29 is 15.0 Å². The number of aliphatic hydroxyl groups excluding tert-OH is 1. The monoisotopic (exact) mass is 334 g/mol.